The number of benzene rings is 2. The Morgan fingerprint density at radius 3 is 2.28 bits per heavy atom. The molecule has 29 heavy (non-hydrogen) atoms. The van der Waals surface area contributed by atoms with Crippen LogP contribution in [0.5, 0.6) is 5.75 Å². The monoisotopic (exact) mass is 387 g/mol. The first-order chi connectivity index (χ1) is 13.8. The van der Waals surface area contributed by atoms with Gasteiger partial charge in [0.25, 0.3) is 0 Å². The fourth-order valence-electron chi connectivity index (χ4n) is 3.24. The summed E-state index contributed by atoms with van der Waals surface area (Å²) in [6.07, 6.45) is 1.45. The maximum atomic E-state index is 5.95. The highest BCUT2D eigenvalue weighted by Gasteiger charge is 2.14. The number of nitrogens with zero attached hydrogens (tertiary/aromatic N) is 4. The van der Waals surface area contributed by atoms with Gasteiger partial charge in [0.05, 0.1) is 0 Å². The molecule has 0 unspecified atom stereocenters. The van der Waals surface area contributed by atoms with E-state index in [0.29, 0.717) is 23.6 Å². The second kappa shape index (κ2) is 7.20. The Balaban J connectivity index is 1.49. The van der Waals surface area contributed by atoms with Crippen LogP contribution in [-0.2, 0) is 19.1 Å². The molecule has 6 heteroatoms. The molecule has 148 valence electrons. The van der Waals surface area contributed by atoms with Crippen LogP contribution >= 0.6 is 0 Å². The van der Waals surface area contributed by atoms with Crippen LogP contribution in [0.25, 0.3) is 22.6 Å². The summed E-state index contributed by atoms with van der Waals surface area (Å²) in [4.78, 5) is 12.9. The summed E-state index contributed by atoms with van der Waals surface area (Å²) in [5.41, 5.74) is 10.8. The Morgan fingerprint density at radius 1 is 0.966 bits per heavy atom. The van der Waals surface area contributed by atoms with Crippen molar-refractivity contribution in [2.75, 3.05) is 5.73 Å². The Hall–Kier alpha value is -3.41. The maximum Gasteiger partial charge on any atom is 0.165 e. The Morgan fingerprint density at radius 2 is 1.66 bits per heavy atom. The third-order valence-electron chi connectivity index (χ3n) is 5.02. The highest BCUT2D eigenvalue weighted by Crippen LogP contribution is 2.27. The minimum atomic E-state index is 0.154. The number of imidazole rings is 1. The van der Waals surface area contributed by atoms with Crippen molar-refractivity contribution in [3.05, 3.63) is 66.0 Å². The summed E-state index contributed by atoms with van der Waals surface area (Å²) in [5.74, 6) is 1.98. The number of rotatable bonds is 4. The first-order valence-corrected chi connectivity index (χ1v) is 9.58. The Bertz CT molecular complexity index is 1140. The molecule has 0 saturated heterocycles. The van der Waals surface area contributed by atoms with Gasteiger partial charge in [-0.25, -0.2) is 15.0 Å². The minimum absolute atomic E-state index is 0.154. The molecule has 4 rings (SSSR count). The van der Waals surface area contributed by atoms with Gasteiger partial charge in [0.1, 0.15) is 24.5 Å². The van der Waals surface area contributed by atoms with Gasteiger partial charge in [-0.15, -0.1) is 0 Å². The van der Waals surface area contributed by atoms with Crippen molar-refractivity contribution in [2.24, 2.45) is 7.05 Å². The van der Waals surface area contributed by atoms with Crippen molar-refractivity contribution in [3.63, 3.8) is 0 Å². The van der Waals surface area contributed by atoms with Gasteiger partial charge in [-0.05, 0) is 40.8 Å². The molecule has 0 fully saturated rings. The third-order valence-corrected chi connectivity index (χ3v) is 5.02. The Kier molecular flexibility index (Phi) is 4.70. The SMILES string of the molecule is Cn1c(-c2ccc(OCc3ccc(C(C)(C)C)cc3)cc2)nc2c(N)ncnc21. The zero-order valence-corrected chi connectivity index (χ0v) is 17.2. The second-order valence-corrected chi connectivity index (χ2v) is 8.19. The van der Waals surface area contributed by atoms with E-state index >= 15 is 0 Å². The van der Waals surface area contributed by atoms with Crippen LogP contribution in [0.15, 0.2) is 54.9 Å². The van der Waals surface area contributed by atoms with Crippen molar-refractivity contribution in [3.8, 4) is 17.1 Å². The molecule has 2 aromatic carbocycles. The van der Waals surface area contributed by atoms with Gasteiger partial charge < -0.3 is 15.0 Å². The van der Waals surface area contributed by atoms with E-state index in [4.69, 9.17) is 10.5 Å². The molecule has 2 N–H and O–H groups in total. The lowest BCUT2D eigenvalue weighted by Crippen LogP contribution is -2.10. The predicted octanol–water partition coefficient (Wildman–Crippen LogP) is 4.49. The van der Waals surface area contributed by atoms with Crippen molar-refractivity contribution >= 4 is 17.0 Å². The average molecular weight is 387 g/mol. The minimum Gasteiger partial charge on any atom is -0.489 e. The molecule has 0 bridgehead atoms. The van der Waals surface area contributed by atoms with E-state index in [1.165, 1.54) is 11.9 Å². The van der Waals surface area contributed by atoms with Gasteiger partial charge in [0.2, 0.25) is 0 Å². The molecule has 0 aliphatic heterocycles. The lowest BCUT2D eigenvalue weighted by molar-refractivity contribution is 0.306. The predicted molar refractivity (Wildman–Crippen MR) is 116 cm³/mol. The van der Waals surface area contributed by atoms with Gasteiger partial charge in [-0.1, -0.05) is 45.0 Å². The zero-order valence-electron chi connectivity index (χ0n) is 17.2. The van der Waals surface area contributed by atoms with Crippen LogP contribution in [0.4, 0.5) is 5.82 Å². The number of fused-ring (bicyclic) bond motifs is 1. The van der Waals surface area contributed by atoms with E-state index in [9.17, 15) is 0 Å². The maximum absolute atomic E-state index is 5.95. The summed E-state index contributed by atoms with van der Waals surface area (Å²) in [7, 11) is 1.92. The second-order valence-electron chi connectivity index (χ2n) is 8.19. The average Bonchev–Trinajstić information content (AvgIpc) is 3.05. The fourth-order valence-corrected chi connectivity index (χ4v) is 3.24. The van der Waals surface area contributed by atoms with Crippen molar-refractivity contribution in [1.29, 1.82) is 0 Å². The van der Waals surface area contributed by atoms with Crippen molar-refractivity contribution in [2.45, 2.75) is 32.8 Å². The molecule has 0 radical (unpaired) electrons. The largest absolute Gasteiger partial charge is 0.489 e. The highest BCUT2D eigenvalue weighted by molar-refractivity contribution is 5.85. The number of ether oxygens (including phenoxy) is 1. The van der Waals surface area contributed by atoms with Crippen LogP contribution in [-0.4, -0.2) is 19.5 Å². The van der Waals surface area contributed by atoms with Crippen LogP contribution in [0.2, 0.25) is 0 Å². The Labute approximate surface area is 170 Å². The van der Waals surface area contributed by atoms with Crippen LogP contribution in [0.3, 0.4) is 0 Å². The van der Waals surface area contributed by atoms with Gasteiger partial charge >= 0.3 is 0 Å². The fraction of sp³-hybridized carbons (Fsp3) is 0.261. The molecule has 0 aliphatic carbocycles. The molecule has 0 amide bonds. The van der Waals surface area contributed by atoms with E-state index < -0.39 is 0 Å². The van der Waals surface area contributed by atoms with E-state index in [2.05, 4.69) is 60.0 Å². The van der Waals surface area contributed by atoms with Gasteiger partial charge in [-0.2, -0.15) is 0 Å². The molecular formula is C23H25N5O. The van der Waals surface area contributed by atoms with E-state index in [1.807, 2.05) is 35.9 Å². The number of aryl methyl sites for hydroxylation is 1. The zero-order chi connectivity index (χ0) is 20.6. The van der Waals surface area contributed by atoms with Gasteiger partial charge in [0.15, 0.2) is 17.0 Å². The number of hydrogen-bond acceptors (Lipinski definition) is 5. The van der Waals surface area contributed by atoms with E-state index in [0.717, 1.165) is 22.7 Å². The number of anilines is 1. The third kappa shape index (κ3) is 3.78. The normalized spacial score (nSPS) is 11.7. The van der Waals surface area contributed by atoms with E-state index in [1.54, 1.807) is 0 Å². The summed E-state index contributed by atoms with van der Waals surface area (Å²) < 4.78 is 7.86. The van der Waals surface area contributed by atoms with Crippen LogP contribution < -0.4 is 10.5 Å². The van der Waals surface area contributed by atoms with Crippen LogP contribution in [0, 0.1) is 0 Å². The number of hydrogen-bond donors (Lipinski definition) is 1. The molecule has 0 aliphatic rings. The van der Waals surface area contributed by atoms with Gasteiger partial charge in [0, 0.05) is 12.6 Å². The first-order valence-electron chi connectivity index (χ1n) is 9.58. The molecule has 2 aromatic heterocycles. The molecule has 4 aromatic rings. The topological polar surface area (TPSA) is 78.9 Å². The lowest BCUT2D eigenvalue weighted by atomic mass is 9.87. The summed E-state index contributed by atoms with van der Waals surface area (Å²) >= 11 is 0. The molecule has 0 saturated carbocycles. The lowest BCUT2D eigenvalue weighted by Gasteiger charge is -2.19. The molecule has 0 atom stereocenters. The van der Waals surface area contributed by atoms with Crippen LogP contribution in [0.1, 0.15) is 31.9 Å². The summed E-state index contributed by atoms with van der Waals surface area (Å²) in [6, 6.07) is 16.5. The standard InChI is InChI=1S/C23H25N5O/c1-23(2,3)17-9-5-15(6-10-17)13-29-18-11-7-16(8-12-18)21-27-19-20(24)25-14-26-22(19)28(21)4/h5-12,14H,13H2,1-4H3,(H2,24,25,26). The molecule has 6 nitrogen and oxygen atoms in total. The highest BCUT2D eigenvalue weighted by atomic mass is 16.5. The number of nitrogens with two attached hydrogens (primary N) is 1. The number of nitrogen functional groups attached to an aromatic ring is 1. The van der Waals surface area contributed by atoms with Gasteiger partial charge in [-0.3, -0.25) is 0 Å². The molecule has 0 spiro atoms. The van der Waals surface area contributed by atoms with E-state index in [-0.39, 0.29) is 5.41 Å². The molecule has 2 heterocycles. The quantitative estimate of drug-likeness (QED) is 0.558. The summed E-state index contributed by atoms with van der Waals surface area (Å²) in [5, 5.41) is 0. The first kappa shape index (κ1) is 18.9. The number of aromatic nitrogens is 4. The molecular weight excluding hydrogens is 362 g/mol. The smallest absolute Gasteiger partial charge is 0.165 e. The van der Waals surface area contributed by atoms with Crippen molar-refractivity contribution < 1.29 is 4.74 Å². The van der Waals surface area contributed by atoms with Crippen molar-refractivity contribution in [1.82, 2.24) is 19.5 Å². The summed E-state index contributed by atoms with van der Waals surface area (Å²) in [6.45, 7) is 7.17.